The number of nitrogens with zero attached hydrogens (tertiary/aromatic N) is 1. The van der Waals surface area contributed by atoms with E-state index >= 15 is 0 Å². The largest absolute Gasteiger partial charge is 0.484 e. The van der Waals surface area contributed by atoms with Gasteiger partial charge in [-0.3, -0.25) is 9.52 Å². The van der Waals surface area contributed by atoms with Gasteiger partial charge in [-0.05, 0) is 64.5 Å². The van der Waals surface area contributed by atoms with Crippen molar-refractivity contribution in [1.29, 1.82) is 0 Å². The highest BCUT2D eigenvalue weighted by Gasteiger charge is 2.16. The van der Waals surface area contributed by atoms with Gasteiger partial charge in [-0.2, -0.15) is 0 Å². The summed E-state index contributed by atoms with van der Waals surface area (Å²) in [6.45, 7) is 0.161. The smallest absolute Gasteiger partial charge is 0.291 e. The highest BCUT2D eigenvalue weighted by Crippen LogP contribution is 2.25. The van der Waals surface area contributed by atoms with E-state index in [2.05, 4.69) is 31.0 Å². The van der Waals surface area contributed by atoms with Gasteiger partial charge in [-0.15, -0.1) is 11.3 Å². The van der Waals surface area contributed by atoms with E-state index in [4.69, 9.17) is 9.15 Å². The Morgan fingerprint density at radius 2 is 1.88 bits per heavy atom. The summed E-state index contributed by atoms with van der Waals surface area (Å²) in [5, 5.41) is 4.62. The third-order valence-electron chi connectivity index (χ3n) is 4.17. The average Bonchev–Trinajstić information content (AvgIpc) is 3.45. The van der Waals surface area contributed by atoms with Crippen LogP contribution in [0.3, 0.4) is 0 Å². The summed E-state index contributed by atoms with van der Waals surface area (Å²) < 4.78 is 39.2. The number of para-hydroxylation sites is 1. The number of thiazole rings is 1. The summed E-state index contributed by atoms with van der Waals surface area (Å²) in [5.74, 6) is 0.793. The number of furan rings is 1. The first-order chi connectivity index (χ1) is 15.4. The molecule has 0 radical (unpaired) electrons. The Labute approximate surface area is 196 Å². The molecule has 0 unspecified atom stereocenters. The monoisotopic (exact) mass is 533 g/mol. The lowest BCUT2D eigenvalue weighted by Gasteiger charge is -2.07. The van der Waals surface area contributed by atoms with Crippen LogP contribution in [-0.2, 0) is 16.6 Å². The molecule has 0 aliphatic carbocycles. The van der Waals surface area contributed by atoms with E-state index in [-0.39, 0.29) is 22.4 Å². The molecule has 164 valence electrons. The highest BCUT2D eigenvalue weighted by molar-refractivity contribution is 9.10. The lowest BCUT2D eigenvalue weighted by atomic mass is 10.3. The molecular formula is C21H16BrN3O5S2. The number of hydrogen-bond donors (Lipinski definition) is 2. The molecule has 2 aromatic heterocycles. The molecule has 1 amide bonds. The normalized spacial score (nSPS) is 11.2. The highest BCUT2D eigenvalue weighted by atomic mass is 79.9. The van der Waals surface area contributed by atoms with Crippen LogP contribution in [-0.4, -0.2) is 19.3 Å². The van der Waals surface area contributed by atoms with E-state index in [1.54, 1.807) is 17.5 Å². The van der Waals surface area contributed by atoms with Crippen molar-refractivity contribution < 1.29 is 22.4 Å². The fourth-order valence-electron chi connectivity index (χ4n) is 2.65. The minimum atomic E-state index is -3.76. The van der Waals surface area contributed by atoms with E-state index in [0.29, 0.717) is 17.2 Å². The summed E-state index contributed by atoms with van der Waals surface area (Å²) in [6.07, 6.45) is 1.51. The standard InChI is InChI=1S/C21H16BrN3O5S2/c22-17-3-1-2-4-18(17)29-13-15-7-10-19(30-15)20(26)24-14-5-8-16(9-6-14)32(27,28)25-21-23-11-12-31-21/h1-12H,13H2,(H,23,25)(H,24,26). The molecule has 0 saturated heterocycles. The number of carbonyl (C=O) groups excluding carboxylic acids is 1. The third kappa shape index (κ3) is 5.36. The van der Waals surface area contributed by atoms with Gasteiger partial charge in [0.1, 0.15) is 18.1 Å². The first-order valence-electron chi connectivity index (χ1n) is 9.20. The van der Waals surface area contributed by atoms with Gasteiger partial charge in [0.25, 0.3) is 15.9 Å². The topological polar surface area (TPSA) is 111 Å². The van der Waals surface area contributed by atoms with Crippen molar-refractivity contribution in [1.82, 2.24) is 4.98 Å². The lowest BCUT2D eigenvalue weighted by molar-refractivity contribution is 0.0992. The molecule has 0 fully saturated rings. The Balaban J connectivity index is 1.36. The number of aromatic nitrogens is 1. The van der Waals surface area contributed by atoms with Crippen LogP contribution in [0.25, 0.3) is 0 Å². The number of ether oxygens (including phenoxy) is 1. The van der Waals surface area contributed by atoms with Crippen LogP contribution in [0.4, 0.5) is 10.8 Å². The second kappa shape index (κ2) is 9.55. The maximum Gasteiger partial charge on any atom is 0.291 e. The number of halogens is 1. The molecule has 0 aliphatic heterocycles. The van der Waals surface area contributed by atoms with Crippen LogP contribution in [0.1, 0.15) is 16.3 Å². The van der Waals surface area contributed by atoms with Gasteiger partial charge in [0, 0.05) is 17.3 Å². The van der Waals surface area contributed by atoms with Crippen molar-refractivity contribution in [2.24, 2.45) is 0 Å². The molecule has 0 bridgehead atoms. The van der Waals surface area contributed by atoms with Gasteiger partial charge in [-0.25, -0.2) is 13.4 Å². The summed E-state index contributed by atoms with van der Waals surface area (Å²) >= 11 is 4.58. The predicted octanol–water partition coefficient (Wildman–Crippen LogP) is 5.13. The molecular weight excluding hydrogens is 518 g/mol. The summed E-state index contributed by atoms with van der Waals surface area (Å²) in [4.78, 5) is 16.4. The van der Waals surface area contributed by atoms with Crippen molar-refractivity contribution in [3.63, 3.8) is 0 Å². The maximum atomic E-state index is 12.5. The van der Waals surface area contributed by atoms with Crippen LogP contribution in [0.5, 0.6) is 5.75 Å². The van der Waals surface area contributed by atoms with Crippen LogP contribution < -0.4 is 14.8 Å². The molecule has 2 aromatic carbocycles. The first-order valence-corrected chi connectivity index (χ1v) is 12.4. The molecule has 0 spiro atoms. The Morgan fingerprint density at radius 3 is 2.59 bits per heavy atom. The number of carbonyl (C=O) groups is 1. The van der Waals surface area contributed by atoms with Crippen molar-refractivity contribution in [3.05, 3.63) is 88.2 Å². The summed E-state index contributed by atoms with van der Waals surface area (Å²) in [6, 6.07) is 16.4. The summed E-state index contributed by atoms with van der Waals surface area (Å²) in [7, 11) is -3.76. The van der Waals surface area contributed by atoms with Gasteiger partial charge in [0.15, 0.2) is 10.9 Å². The van der Waals surface area contributed by atoms with E-state index < -0.39 is 15.9 Å². The summed E-state index contributed by atoms with van der Waals surface area (Å²) in [5.41, 5.74) is 0.422. The van der Waals surface area contributed by atoms with Crippen molar-refractivity contribution in [2.75, 3.05) is 10.0 Å². The van der Waals surface area contributed by atoms with Gasteiger partial charge in [0.2, 0.25) is 0 Å². The number of rotatable bonds is 8. The van der Waals surface area contributed by atoms with Gasteiger partial charge in [-0.1, -0.05) is 12.1 Å². The van der Waals surface area contributed by atoms with E-state index in [9.17, 15) is 13.2 Å². The van der Waals surface area contributed by atoms with Crippen molar-refractivity contribution in [3.8, 4) is 5.75 Å². The Kier molecular flexibility index (Phi) is 6.58. The maximum absolute atomic E-state index is 12.5. The molecule has 0 saturated carbocycles. The van der Waals surface area contributed by atoms with Crippen LogP contribution >= 0.6 is 27.3 Å². The fourth-order valence-corrected chi connectivity index (χ4v) is 4.83. The molecule has 0 aliphatic rings. The van der Waals surface area contributed by atoms with Gasteiger partial charge in [0.05, 0.1) is 9.37 Å². The molecule has 8 nitrogen and oxygen atoms in total. The number of hydrogen-bond acceptors (Lipinski definition) is 7. The minimum absolute atomic E-state index is 0.0511. The second-order valence-corrected chi connectivity index (χ2v) is 9.84. The quantitative estimate of drug-likeness (QED) is 0.324. The molecule has 0 atom stereocenters. The fraction of sp³-hybridized carbons (Fsp3) is 0.0476. The Bertz CT molecular complexity index is 1320. The minimum Gasteiger partial charge on any atom is -0.484 e. The second-order valence-electron chi connectivity index (χ2n) is 6.41. The lowest BCUT2D eigenvalue weighted by Crippen LogP contribution is -2.13. The van der Waals surface area contributed by atoms with Crippen molar-refractivity contribution >= 4 is 54.0 Å². The average molecular weight is 534 g/mol. The van der Waals surface area contributed by atoms with Gasteiger partial charge >= 0.3 is 0 Å². The number of nitrogens with one attached hydrogen (secondary N) is 2. The zero-order valence-corrected chi connectivity index (χ0v) is 19.5. The predicted molar refractivity (Wildman–Crippen MR) is 124 cm³/mol. The third-order valence-corrected chi connectivity index (χ3v) is 7.00. The number of benzene rings is 2. The van der Waals surface area contributed by atoms with Gasteiger partial charge < -0.3 is 14.5 Å². The first kappa shape index (κ1) is 22.1. The van der Waals surface area contributed by atoms with Crippen LogP contribution in [0, 0.1) is 0 Å². The zero-order chi connectivity index (χ0) is 22.6. The molecule has 4 aromatic rings. The zero-order valence-electron chi connectivity index (χ0n) is 16.3. The Morgan fingerprint density at radius 1 is 1.09 bits per heavy atom. The van der Waals surface area contributed by atoms with Crippen molar-refractivity contribution in [2.45, 2.75) is 11.5 Å². The SMILES string of the molecule is O=C(Nc1ccc(S(=O)(=O)Nc2nccs2)cc1)c1ccc(COc2ccccc2Br)o1. The molecule has 11 heteroatoms. The molecule has 2 N–H and O–H groups in total. The molecule has 4 rings (SSSR count). The number of sulfonamides is 1. The van der Waals surface area contributed by atoms with E-state index in [0.717, 1.165) is 4.47 Å². The molecule has 32 heavy (non-hydrogen) atoms. The van der Waals surface area contributed by atoms with Crippen LogP contribution in [0.15, 0.2) is 86.0 Å². The van der Waals surface area contributed by atoms with Crippen LogP contribution in [0.2, 0.25) is 0 Å². The Hall–Kier alpha value is -3.15. The number of anilines is 2. The molecule has 2 heterocycles. The van der Waals surface area contributed by atoms with E-state index in [1.807, 2.05) is 24.3 Å². The van der Waals surface area contributed by atoms with E-state index in [1.165, 1.54) is 41.8 Å². The number of amides is 1.